The van der Waals surface area contributed by atoms with Crippen LogP contribution in [0.15, 0.2) is 46.0 Å². The summed E-state index contributed by atoms with van der Waals surface area (Å²) in [5.74, 6) is 0.0940. The third-order valence-electron chi connectivity index (χ3n) is 6.20. The van der Waals surface area contributed by atoms with Crippen LogP contribution in [-0.4, -0.2) is 62.3 Å². The molecular formula is C22H29N3O3S2. The molecule has 0 bridgehead atoms. The topological polar surface area (TPSA) is 60.9 Å². The molecule has 0 N–H and O–H groups in total. The minimum absolute atomic E-state index is 0.0853. The van der Waals surface area contributed by atoms with Gasteiger partial charge in [0.25, 0.3) is 10.0 Å². The van der Waals surface area contributed by atoms with Crippen LogP contribution in [0.25, 0.3) is 0 Å². The summed E-state index contributed by atoms with van der Waals surface area (Å²) in [5, 5.41) is 1.78. The first-order chi connectivity index (χ1) is 14.4. The molecule has 0 spiro atoms. The van der Waals surface area contributed by atoms with Gasteiger partial charge in [-0.1, -0.05) is 23.8 Å². The number of carbonyl (C=O) groups excluding carboxylic acids is 1. The lowest BCUT2D eigenvalue weighted by molar-refractivity contribution is -0.137. The van der Waals surface area contributed by atoms with Crippen molar-refractivity contribution in [3.63, 3.8) is 0 Å². The third kappa shape index (κ3) is 4.26. The predicted molar refractivity (Wildman–Crippen MR) is 120 cm³/mol. The standard InChI is InChI=1S/C22H29N3O3S2/c1-17-5-7-20(8-6-17)25-14-13-23(16-18(25)2)22(26)19-9-11-24(12-10-19)30(27,28)21-4-3-15-29-21/h3-8,15,18-19H,9-14,16H2,1-2H3/t18-/m0/s1. The minimum Gasteiger partial charge on any atom is -0.365 e. The van der Waals surface area contributed by atoms with Gasteiger partial charge in [0.15, 0.2) is 0 Å². The fourth-order valence-electron chi connectivity index (χ4n) is 4.42. The summed E-state index contributed by atoms with van der Waals surface area (Å²) in [6.45, 7) is 7.31. The maximum Gasteiger partial charge on any atom is 0.252 e. The van der Waals surface area contributed by atoms with Crippen LogP contribution in [0.4, 0.5) is 5.69 Å². The van der Waals surface area contributed by atoms with Gasteiger partial charge in [0.05, 0.1) is 0 Å². The van der Waals surface area contributed by atoms with Crippen molar-refractivity contribution in [1.82, 2.24) is 9.21 Å². The van der Waals surface area contributed by atoms with Gasteiger partial charge in [-0.15, -0.1) is 11.3 Å². The second-order valence-electron chi connectivity index (χ2n) is 8.27. The third-order valence-corrected chi connectivity index (χ3v) is 9.47. The molecule has 1 aromatic heterocycles. The Morgan fingerprint density at radius 1 is 1.03 bits per heavy atom. The molecule has 1 atom stereocenters. The molecule has 0 radical (unpaired) electrons. The van der Waals surface area contributed by atoms with Gasteiger partial charge in [-0.3, -0.25) is 4.79 Å². The molecule has 30 heavy (non-hydrogen) atoms. The Morgan fingerprint density at radius 2 is 1.73 bits per heavy atom. The Hall–Kier alpha value is -1.90. The van der Waals surface area contributed by atoms with Crippen molar-refractivity contribution in [3.8, 4) is 0 Å². The number of rotatable bonds is 4. The molecule has 2 aromatic rings. The van der Waals surface area contributed by atoms with Gasteiger partial charge in [0.1, 0.15) is 4.21 Å². The summed E-state index contributed by atoms with van der Waals surface area (Å²) in [6, 6.07) is 12.2. The average molecular weight is 448 g/mol. The highest BCUT2D eigenvalue weighted by molar-refractivity contribution is 7.91. The van der Waals surface area contributed by atoms with Crippen molar-refractivity contribution in [2.24, 2.45) is 5.92 Å². The molecule has 1 aromatic carbocycles. The zero-order valence-electron chi connectivity index (χ0n) is 17.5. The summed E-state index contributed by atoms with van der Waals surface area (Å²) < 4.78 is 27.3. The van der Waals surface area contributed by atoms with Crippen molar-refractivity contribution in [1.29, 1.82) is 0 Å². The van der Waals surface area contributed by atoms with Gasteiger partial charge in [-0.2, -0.15) is 4.31 Å². The highest BCUT2D eigenvalue weighted by Crippen LogP contribution is 2.28. The van der Waals surface area contributed by atoms with Crippen LogP contribution in [0.5, 0.6) is 0 Å². The van der Waals surface area contributed by atoms with Gasteiger partial charge in [-0.05, 0) is 50.3 Å². The molecule has 0 aliphatic carbocycles. The lowest BCUT2D eigenvalue weighted by Crippen LogP contribution is -2.55. The molecule has 6 nitrogen and oxygen atoms in total. The number of thiophene rings is 1. The van der Waals surface area contributed by atoms with Crippen LogP contribution in [0.1, 0.15) is 25.3 Å². The number of sulfonamides is 1. The van der Waals surface area contributed by atoms with E-state index in [9.17, 15) is 13.2 Å². The number of carbonyl (C=O) groups is 1. The highest BCUT2D eigenvalue weighted by Gasteiger charge is 2.36. The number of anilines is 1. The Morgan fingerprint density at radius 3 is 2.33 bits per heavy atom. The summed E-state index contributed by atoms with van der Waals surface area (Å²) >= 11 is 1.24. The van der Waals surface area contributed by atoms with Crippen LogP contribution in [0.3, 0.4) is 0 Å². The number of aryl methyl sites for hydroxylation is 1. The van der Waals surface area contributed by atoms with Crippen LogP contribution in [0.2, 0.25) is 0 Å². The Bertz CT molecular complexity index is 966. The van der Waals surface area contributed by atoms with Crippen molar-refractivity contribution in [2.45, 2.75) is 36.9 Å². The van der Waals surface area contributed by atoms with Crippen molar-refractivity contribution in [2.75, 3.05) is 37.6 Å². The molecule has 0 saturated carbocycles. The average Bonchev–Trinajstić information content (AvgIpc) is 3.30. The first kappa shape index (κ1) is 21.3. The Kier molecular flexibility index (Phi) is 6.18. The summed E-state index contributed by atoms with van der Waals surface area (Å²) in [4.78, 5) is 17.4. The second-order valence-corrected chi connectivity index (χ2v) is 11.4. The maximum absolute atomic E-state index is 13.1. The van der Waals surface area contributed by atoms with Crippen LogP contribution < -0.4 is 4.90 Å². The number of benzene rings is 1. The number of hydrogen-bond donors (Lipinski definition) is 0. The fourth-order valence-corrected chi connectivity index (χ4v) is 7.03. The van der Waals surface area contributed by atoms with E-state index in [1.807, 2.05) is 4.90 Å². The molecule has 4 rings (SSSR count). The zero-order valence-corrected chi connectivity index (χ0v) is 19.2. The van der Waals surface area contributed by atoms with E-state index in [-0.39, 0.29) is 17.9 Å². The molecule has 2 aliphatic heterocycles. The predicted octanol–water partition coefficient (Wildman–Crippen LogP) is 3.19. The molecular weight excluding hydrogens is 418 g/mol. The summed E-state index contributed by atoms with van der Waals surface area (Å²) in [7, 11) is -3.42. The van der Waals surface area contributed by atoms with E-state index < -0.39 is 10.0 Å². The van der Waals surface area contributed by atoms with E-state index in [0.29, 0.717) is 43.2 Å². The second kappa shape index (κ2) is 8.69. The van der Waals surface area contributed by atoms with E-state index in [4.69, 9.17) is 0 Å². The molecule has 3 heterocycles. The fraction of sp³-hybridized carbons (Fsp3) is 0.500. The Balaban J connectivity index is 1.33. The number of piperidine rings is 1. The first-order valence-corrected chi connectivity index (χ1v) is 12.8. The normalized spacial score (nSPS) is 21.7. The van der Waals surface area contributed by atoms with Gasteiger partial charge in [-0.25, -0.2) is 8.42 Å². The lowest BCUT2D eigenvalue weighted by Gasteiger charge is -2.43. The van der Waals surface area contributed by atoms with Crippen molar-refractivity contribution >= 4 is 33.0 Å². The van der Waals surface area contributed by atoms with Gasteiger partial charge in [0.2, 0.25) is 5.91 Å². The van der Waals surface area contributed by atoms with E-state index in [2.05, 4.69) is 43.0 Å². The summed E-state index contributed by atoms with van der Waals surface area (Å²) in [5.41, 5.74) is 2.44. The maximum atomic E-state index is 13.1. The van der Waals surface area contributed by atoms with Gasteiger partial charge < -0.3 is 9.80 Å². The minimum atomic E-state index is -3.42. The smallest absolute Gasteiger partial charge is 0.252 e. The molecule has 8 heteroatoms. The van der Waals surface area contributed by atoms with E-state index in [0.717, 1.165) is 6.54 Å². The number of nitrogens with zero attached hydrogens (tertiary/aromatic N) is 3. The molecule has 162 valence electrons. The highest BCUT2D eigenvalue weighted by atomic mass is 32.2. The Labute approximate surface area is 183 Å². The summed E-state index contributed by atoms with van der Waals surface area (Å²) in [6.07, 6.45) is 1.19. The number of amides is 1. The quantitative estimate of drug-likeness (QED) is 0.722. The van der Waals surface area contributed by atoms with Crippen LogP contribution >= 0.6 is 11.3 Å². The van der Waals surface area contributed by atoms with Crippen molar-refractivity contribution in [3.05, 3.63) is 47.3 Å². The molecule has 2 fully saturated rings. The molecule has 1 amide bonds. The lowest BCUT2D eigenvalue weighted by atomic mass is 9.95. The van der Waals surface area contributed by atoms with E-state index >= 15 is 0 Å². The number of piperazine rings is 1. The molecule has 2 saturated heterocycles. The molecule has 2 aliphatic rings. The first-order valence-electron chi connectivity index (χ1n) is 10.5. The van der Waals surface area contributed by atoms with Gasteiger partial charge >= 0.3 is 0 Å². The van der Waals surface area contributed by atoms with E-state index in [1.54, 1.807) is 17.5 Å². The van der Waals surface area contributed by atoms with Gasteiger partial charge in [0, 0.05) is 50.4 Å². The monoisotopic (exact) mass is 447 g/mol. The zero-order chi connectivity index (χ0) is 21.3. The van der Waals surface area contributed by atoms with Crippen LogP contribution in [0, 0.1) is 12.8 Å². The van der Waals surface area contributed by atoms with E-state index in [1.165, 1.54) is 26.9 Å². The van der Waals surface area contributed by atoms with Crippen molar-refractivity contribution < 1.29 is 13.2 Å². The molecule has 0 unspecified atom stereocenters. The number of hydrogen-bond acceptors (Lipinski definition) is 5. The SMILES string of the molecule is Cc1ccc(N2CCN(C(=O)C3CCN(S(=O)(=O)c4cccs4)CC3)C[C@@H]2C)cc1. The largest absolute Gasteiger partial charge is 0.365 e. The van der Waals surface area contributed by atoms with Crippen LogP contribution in [-0.2, 0) is 14.8 Å².